The van der Waals surface area contributed by atoms with E-state index in [0.717, 1.165) is 26.9 Å². The van der Waals surface area contributed by atoms with Crippen molar-refractivity contribution in [1.82, 2.24) is 9.78 Å². The van der Waals surface area contributed by atoms with Gasteiger partial charge in [-0.3, -0.25) is 4.68 Å². The minimum Gasteiger partial charge on any atom is -0.399 e. The average Bonchev–Trinajstić information content (AvgIpc) is 2.87. The van der Waals surface area contributed by atoms with E-state index in [0.29, 0.717) is 0 Å². The molecule has 3 rings (SSSR count). The van der Waals surface area contributed by atoms with Gasteiger partial charge >= 0.3 is 0 Å². The van der Waals surface area contributed by atoms with Crippen LogP contribution in [0, 0.1) is 0 Å². The van der Waals surface area contributed by atoms with Gasteiger partial charge in [-0.2, -0.15) is 5.10 Å². The van der Waals surface area contributed by atoms with Crippen LogP contribution in [-0.4, -0.2) is 9.78 Å². The maximum absolute atomic E-state index is 5.80. The molecule has 17 heavy (non-hydrogen) atoms. The monoisotopic (exact) mass is 307 g/mol. The summed E-state index contributed by atoms with van der Waals surface area (Å²) in [5.41, 5.74) is 7.65. The van der Waals surface area contributed by atoms with Gasteiger partial charge in [-0.15, -0.1) is 11.3 Å². The summed E-state index contributed by atoms with van der Waals surface area (Å²) in [4.78, 5) is 1.27. The predicted octanol–water partition coefficient (Wildman–Crippen LogP) is 3.49. The van der Waals surface area contributed by atoms with Crippen LogP contribution in [0.2, 0.25) is 0 Å². The number of halogens is 1. The molecule has 2 heterocycles. The number of hydrogen-bond donors (Lipinski definition) is 1. The molecule has 0 aliphatic rings. The Morgan fingerprint density at radius 2 is 2.18 bits per heavy atom. The van der Waals surface area contributed by atoms with E-state index in [1.165, 1.54) is 4.88 Å². The first-order valence-corrected chi connectivity index (χ1v) is 6.78. The Kier molecular flexibility index (Phi) is 2.64. The molecule has 5 heteroatoms. The number of fused-ring (bicyclic) bond motifs is 1. The third kappa shape index (κ3) is 2.08. The Morgan fingerprint density at radius 1 is 1.29 bits per heavy atom. The number of hydrogen-bond acceptors (Lipinski definition) is 3. The van der Waals surface area contributed by atoms with Crippen LogP contribution in [-0.2, 0) is 6.54 Å². The van der Waals surface area contributed by atoms with Crippen LogP contribution in [0.5, 0.6) is 0 Å². The molecule has 0 fully saturated rings. The molecule has 3 nitrogen and oxygen atoms in total. The lowest BCUT2D eigenvalue weighted by molar-refractivity contribution is 0.721. The molecular formula is C12H10BrN3S. The highest BCUT2D eigenvalue weighted by atomic mass is 79.9. The highest BCUT2D eigenvalue weighted by Gasteiger charge is 2.05. The summed E-state index contributed by atoms with van der Waals surface area (Å²) in [5, 5.41) is 5.51. The van der Waals surface area contributed by atoms with E-state index in [9.17, 15) is 0 Å². The molecule has 2 N–H and O–H groups in total. The molecule has 0 saturated carbocycles. The Labute approximate surface area is 111 Å². The second-order valence-corrected chi connectivity index (χ2v) is 6.37. The molecule has 0 aliphatic carbocycles. The number of nitrogens with zero attached hydrogens (tertiary/aromatic N) is 2. The van der Waals surface area contributed by atoms with Crippen LogP contribution in [0.1, 0.15) is 4.88 Å². The number of benzene rings is 1. The van der Waals surface area contributed by atoms with Gasteiger partial charge in [0, 0.05) is 16.0 Å². The fourth-order valence-corrected chi connectivity index (χ4v) is 3.26. The first-order valence-electron chi connectivity index (χ1n) is 5.17. The van der Waals surface area contributed by atoms with Gasteiger partial charge in [0.05, 0.1) is 22.0 Å². The summed E-state index contributed by atoms with van der Waals surface area (Å²) in [7, 11) is 0. The van der Waals surface area contributed by atoms with Crippen molar-refractivity contribution in [3.63, 3.8) is 0 Å². The van der Waals surface area contributed by atoms with Gasteiger partial charge in [-0.25, -0.2) is 0 Å². The first kappa shape index (κ1) is 10.8. The second kappa shape index (κ2) is 4.16. The first-order chi connectivity index (χ1) is 8.22. The van der Waals surface area contributed by atoms with Gasteiger partial charge in [0.2, 0.25) is 0 Å². The number of rotatable bonds is 2. The standard InChI is InChI=1S/C12H10BrN3S/c13-12-4-3-10(17-12)7-16-11-5-9(14)2-1-8(11)6-15-16/h1-6H,7,14H2. The molecule has 2 aromatic heterocycles. The number of thiophene rings is 1. The third-order valence-corrected chi connectivity index (χ3v) is 4.21. The maximum atomic E-state index is 5.80. The van der Waals surface area contributed by atoms with Gasteiger partial charge in [-0.1, -0.05) is 0 Å². The minimum absolute atomic E-state index is 0.770. The average molecular weight is 308 g/mol. The Morgan fingerprint density at radius 3 is 2.94 bits per heavy atom. The molecule has 0 unspecified atom stereocenters. The summed E-state index contributed by atoms with van der Waals surface area (Å²) in [6, 6.07) is 10.0. The summed E-state index contributed by atoms with van der Waals surface area (Å²) < 4.78 is 3.12. The molecule has 0 spiro atoms. The third-order valence-electron chi connectivity index (χ3n) is 2.60. The van der Waals surface area contributed by atoms with Gasteiger partial charge in [0.1, 0.15) is 0 Å². The summed E-state index contributed by atoms with van der Waals surface area (Å²) >= 11 is 5.19. The van der Waals surface area contributed by atoms with Gasteiger partial charge in [0.25, 0.3) is 0 Å². The number of anilines is 1. The molecule has 1 aromatic carbocycles. The zero-order chi connectivity index (χ0) is 11.8. The quantitative estimate of drug-likeness (QED) is 0.737. The molecule has 86 valence electrons. The molecular weight excluding hydrogens is 298 g/mol. The zero-order valence-electron chi connectivity index (χ0n) is 8.93. The normalized spacial score (nSPS) is 11.1. The van der Waals surface area contributed by atoms with Crippen molar-refractivity contribution in [2.75, 3.05) is 5.73 Å². The van der Waals surface area contributed by atoms with Gasteiger partial charge in [0.15, 0.2) is 0 Å². The fourth-order valence-electron chi connectivity index (χ4n) is 1.80. The molecule has 3 aromatic rings. The minimum atomic E-state index is 0.770. The summed E-state index contributed by atoms with van der Waals surface area (Å²) in [6.07, 6.45) is 1.87. The van der Waals surface area contributed by atoms with Crippen LogP contribution in [0.25, 0.3) is 10.9 Å². The highest BCUT2D eigenvalue weighted by Crippen LogP contribution is 2.24. The van der Waals surface area contributed by atoms with E-state index in [1.54, 1.807) is 11.3 Å². The summed E-state index contributed by atoms with van der Waals surface area (Å²) in [5.74, 6) is 0. The molecule has 0 atom stereocenters. The molecule has 0 radical (unpaired) electrons. The van der Waals surface area contributed by atoms with E-state index in [4.69, 9.17) is 5.73 Å². The Hall–Kier alpha value is -1.33. The highest BCUT2D eigenvalue weighted by molar-refractivity contribution is 9.11. The van der Waals surface area contributed by atoms with Crippen molar-refractivity contribution in [3.05, 3.63) is 45.2 Å². The summed E-state index contributed by atoms with van der Waals surface area (Å²) in [6.45, 7) is 0.781. The fraction of sp³-hybridized carbons (Fsp3) is 0.0833. The van der Waals surface area contributed by atoms with Crippen molar-refractivity contribution in [2.45, 2.75) is 6.54 Å². The molecule has 0 aliphatic heterocycles. The largest absolute Gasteiger partial charge is 0.399 e. The van der Waals surface area contributed by atoms with E-state index < -0.39 is 0 Å². The molecule has 0 saturated heterocycles. The molecule has 0 amide bonds. The van der Waals surface area contributed by atoms with Crippen molar-refractivity contribution in [1.29, 1.82) is 0 Å². The number of nitrogens with two attached hydrogens (primary N) is 1. The van der Waals surface area contributed by atoms with Gasteiger partial charge < -0.3 is 5.73 Å². The zero-order valence-corrected chi connectivity index (χ0v) is 11.3. The van der Waals surface area contributed by atoms with E-state index in [2.05, 4.69) is 33.2 Å². The number of nitrogen functional groups attached to an aromatic ring is 1. The lowest BCUT2D eigenvalue weighted by Gasteiger charge is -2.01. The van der Waals surface area contributed by atoms with Crippen LogP contribution >= 0.6 is 27.3 Å². The smallest absolute Gasteiger partial charge is 0.0759 e. The van der Waals surface area contributed by atoms with Crippen LogP contribution in [0.15, 0.2) is 40.3 Å². The maximum Gasteiger partial charge on any atom is 0.0759 e. The van der Waals surface area contributed by atoms with Crippen LogP contribution in [0.3, 0.4) is 0 Å². The van der Waals surface area contributed by atoms with Crippen molar-refractivity contribution in [3.8, 4) is 0 Å². The van der Waals surface area contributed by atoms with Gasteiger partial charge in [-0.05, 0) is 46.3 Å². The van der Waals surface area contributed by atoms with Crippen LogP contribution < -0.4 is 5.73 Å². The predicted molar refractivity (Wildman–Crippen MR) is 75.3 cm³/mol. The topological polar surface area (TPSA) is 43.8 Å². The van der Waals surface area contributed by atoms with Crippen molar-refractivity contribution in [2.24, 2.45) is 0 Å². The van der Waals surface area contributed by atoms with E-state index >= 15 is 0 Å². The SMILES string of the molecule is Nc1ccc2cnn(Cc3ccc(Br)s3)c2c1. The molecule has 0 bridgehead atoms. The van der Waals surface area contributed by atoms with E-state index in [1.807, 2.05) is 29.1 Å². The van der Waals surface area contributed by atoms with Crippen molar-refractivity contribution < 1.29 is 0 Å². The Balaban J connectivity index is 2.03. The van der Waals surface area contributed by atoms with E-state index in [-0.39, 0.29) is 0 Å². The Bertz CT molecular complexity index is 671. The van der Waals surface area contributed by atoms with Crippen molar-refractivity contribution >= 4 is 43.9 Å². The second-order valence-electron chi connectivity index (χ2n) is 3.83. The lowest BCUT2D eigenvalue weighted by atomic mass is 10.2. The lowest BCUT2D eigenvalue weighted by Crippen LogP contribution is -1.99. The van der Waals surface area contributed by atoms with Crippen LogP contribution in [0.4, 0.5) is 5.69 Å². The number of aromatic nitrogens is 2.